The van der Waals surface area contributed by atoms with Gasteiger partial charge in [0.1, 0.15) is 18.2 Å². The van der Waals surface area contributed by atoms with E-state index in [0.29, 0.717) is 36.8 Å². The highest BCUT2D eigenvalue weighted by molar-refractivity contribution is 5.90. The predicted molar refractivity (Wildman–Crippen MR) is 143 cm³/mol. The Bertz CT molecular complexity index is 1190. The summed E-state index contributed by atoms with van der Waals surface area (Å²) in [4.78, 5) is 15.6. The first kappa shape index (κ1) is 27.6. The van der Waals surface area contributed by atoms with Crippen LogP contribution < -0.4 is 15.4 Å². The highest BCUT2D eigenvalue weighted by Crippen LogP contribution is 2.30. The number of nitrogens with one attached hydrogen (secondary N) is 2. The second-order valence-electron chi connectivity index (χ2n) is 9.51. The fraction of sp³-hybridized carbons (Fsp3) is 0.429. The molecule has 9 nitrogen and oxygen atoms in total. The van der Waals surface area contributed by atoms with E-state index in [0.717, 1.165) is 24.3 Å². The quantitative estimate of drug-likeness (QED) is 0.353. The number of carbonyl (C=O) groups excluding carboxylic acids is 1. The van der Waals surface area contributed by atoms with E-state index in [2.05, 4.69) is 20.6 Å². The number of nitrogens with zero attached hydrogens (tertiary/aromatic N) is 3. The van der Waals surface area contributed by atoms with Gasteiger partial charge in [0.15, 0.2) is 0 Å². The first-order valence-corrected chi connectivity index (χ1v) is 12.9. The minimum atomic E-state index is -0.609. The van der Waals surface area contributed by atoms with Crippen LogP contribution in [0.25, 0.3) is 5.69 Å². The molecule has 3 N–H and O–H groups in total. The fourth-order valence-corrected chi connectivity index (χ4v) is 4.60. The fourth-order valence-electron chi connectivity index (χ4n) is 4.60. The Morgan fingerprint density at radius 1 is 1.18 bits per heavy atom. The second kappa shape index (κ2) is 12.9. The van der Waals surface area contributed by atoms with E-state index >= 15 is 0 Å². The van der Waals surface area contributed by atoms with Gasteiger partial charge >= 0.3 is 6.03 Å². The van der Waals surface area contributed by atoms with Gasteiger partial charge in [-0.2, -0.15) is 0 Å². The third kappa shape index (κ3) is 6.69. The molecule has 38 heavy (non-hydrogen) atoms. The van der Waals surface area contributed by atoms with Crippen molar-refractivity contribution >= 4 is 11.8 Å². The van der Waals surface area contributed by atoms with Crippen molar-refractivity contribution in [3.8, 4) is 11.6 Å². The molecule has 4 rings (SSSR count). The summed E-state index contributed by atoms with van der Waals surface area (Å²) in [5.41, 5.74) is 2.37. The molecule has 1 aromatic heterocycles. The number of hydrogen-bond donors (Lipinski definition) is 3. The maximum atomic E-state index is 13.6. The third-order valence-electron chi connectivity index (χ3n) is 6.82. The number of anilines is 1. The summed E-state index contributed by atoms with van der Waals surface area (Å²) < 4.78 is 26.2. The number of urea groups is 1. The lowest BCUT2D eigenvalue weighted by Crippen LogP contribution is -2.42. The van der Waals surface area contributed by atoms with Gasteiger partial charge in [-0.3, -0.25) is 10.2 Å². The Morgan fingerprint density at radius 3 is 2.61 bits per heavy atom. The van der Waals surface area contributed by atoms with Gasteiger partial charge in [-0.05, 0) is 43.2 Å². The van der Waals surface area contributed by atoms with Gasteiger partial charge in [-0.1, -0.05) is 37.3 Å². The molecular formula is C28H36FN5O4. The largest absolute Gasteiger partial charge is 0.474 e. The van der Waals surface area contributed by atoms with Gasteiger partial charge in [-0.15, -0.1) is 5.10 Å². The molecule has 1 aliphatic rings. The summed E-state index contributed by atoms with van der Waals surface area (Å²) in [7, 11) is 1.66. The highest BCUT2D eigenvalue weighted by atomic mass is 19.1. The van der Waals surface area contributed by atoms with E-state index in [1.165, 1.54) is 12.1 Å². The van der Waals surface area contributed by atoms with E-state index in [-0.39, 0.29) is 30.4 Å². The number of benzene rings is 2. The zero-order chi connectivity index (χ0) is 27.1. The molecule has 0 saturated carbocycles. The average Bonchev–Trinajstić information content (AvgIpc) is 3.47. The van der Waals surface area contributed by atoms with Crippen LogP contribution in [0, 0.1) is 12.7 Å². The third-order valence-corrected chi connectivity index (χ3v) is 6.82. The standard InChI is InChI=1S/C28H36FN5O4/c1-4-23(35)18-38-27-19(2)26(34(32-27)22-8-6-5-7-9-22)31-28(36)30-25-17-33(14-15-37-3)16-24(25)20-10-12-21(29)13-11-20/h5-13,23-25,35H,4,14-18H2,1-3H3,(H2,30,31,36)/t23?,24-,25+/m0/s1. The van der Waals surface area contributed by atoms with Crippen molar-refractivity contribution in [3.05, 3.63) is 71.5 Å². The Hall–Kier alpha value is -3.47. The maximum absolute atomic E-state index is 13.6. The number of carbonyl (C=O) groups is 1. The molecular weight excluding hydrogens is 489 g/mol. The number of halogens is 1. The molecule has 10 heteroatoms. The molecule has 0 spiro atoms. The summed E-state index contributed by atoms with van der Waals surface area (Å²) in [6.07, 6.45) is -0.0490. The average molecular weight is 526 g/mol. The van der Waals surface area contributed by atoms with Crippen LogP contribution in [0.15, 0.2) is 54.6 Å². The van der Waals surface area contributed by atoms with Crippen molar-refractivity contribution in [2.24, 2.45) is 0 Å². The molecule has 3 aromatic rings. The number of para-hydroxylation sites is 1. The monoisotopic (exact) mass is 525 g/mol. The maximum Gasteiger partial charge on any atom is 0.320 e. The number of amides is 2. The molecule has 0 radical (unpaired) electrons. The summed E-state index contributed by atoms with van der Waals surface area (Å²) in [6, 6.07) is 15.3. The molecule has 1 aliphatic heterocycles. The van der Waals surface area contributed by atoms with E-state index in [4.69, 9.17) is 9.47 Å². The van der Waals surface area contributed by atoms with Crippen molar-refractivity contribution in [1.29, 1.82) is 0 Å². The van der Waals surface area contributed by atoms with Crippen molar-refractivity contribution in [2.75, 3.05) is 45.3 Å². The number of ether oxygens (including phenoxy) is 2. The summed E-state index contributed by atoms with van der Waals surface area (Å²) in [6.45, 7) is 6.47. The number of aliphatic hydroxyl groups excluding tert-OH is 1. The molecule has 0 aliphatic carbocycles. The van der Waals surface area contributed by atoms with Crippen LogP contribution in [0.4, 0.5) is 15.0 Å². The van der Waals surface area contributed by atoms with Crippen molar-refractivity contribution in [1.82, 2.24) is 20.0 Å². The number of rotatable bonds is 11. The van der Waals surface area contributed by atoms with Crippen LogP contribution in [-0.4, -0.2) is 77.9 Å². The molecule has 3 atom stereocenters. The van der Waals surface area contributed by atoms with E-state index in [9.17, 15) is 14.3 Å². The lowest BCUT2D eigenvalue weighted by Gasteiger charge is -2.21. The number of methoxy groups -OCH3 is 1. The molecule has 204 valence electrons. The smallest absolute Gasteiger partial charge is 0.320 e. The van der Waals surface area contributed by atoms with Crippen molar-refractivity contribution < 1.29 is 23.8 Å². The van der Waals surface area contributed by atoms with Gasteiger partial charge < -0.3 is 19.9 Å². The number of aromatic nitrogens is 2. The van der Waals surface area contributed by atoms with Crippen molar-refractivity contribution in [2.45, 2.75) is 38.3 Å². The molecule has 2 heterocycles. The highest BCUT2D eigenvalue weighted by Gasteiger charge is 2.35. The van der Waals surface area contributed by atoms with Crippen molar-refractivity contribution in [3.63, 3.8) is 0 Å². The number of hydrogen-bond acceptors (Lipinski definition) is 6. The Labute approximate surface area is 222 Å². The summed E-state index contributed by atoms with van der Waals surface area (Å²) in [5.74, 6) is 0.516. The van der Waals surface area contributed by atoms with Gasteiger partial charge in [0.2, 0.25) is 5.88 Å². The van der Waals surface area contributed by atoms with Gasteiger partial charge in [-0.25, -0.2) is 13.9 Å². The second-order valence-corrected chi connectivity index (χ2v) is 9.51. The SMILES string of the molecule is CCC(O)COc1nn(-c2ccccc2)c(NC(=O)N[C@@H]2CN(CCOC)C[C@H]2c2ccc(F)cc2)c1C. The topological polar surface area (TPSA) is 101 Å². The van der Waals surface area contributed by atoms with Crippen LogP contribution in [0.5, 0.6) is 5.88 Å². The predicted octanol–water partition coefficient (Wildman–Crippen LogP) is 3.71. The first-order chi connectivity index (χ1) is 18.4. The van der Waals surface area contributed by atoms with Crippen LogP contribution in [-0.2, 0) is 4.74 Å². The molecule has 1 fully saturated rings. The van der Waals surface area contributed by atoms with Crippen LogP contribution in [0.3, 0.4) is 0 Å². The Morgan fingerprint density at radius 2 is 1.92 bits per heavy atom. The lowest BCUT2D eigenvalue weighted by atomic mass is 9.94. The Kier molecular flexibility index (Phi) is 9.33. The van der Waals surface area contributed by atoms with Gasteiger partial charge in [0.05, 0.1) is 30.0 Å². The summed E-state index contributed by atoms with van der Waals surface area (Å²) in [5, 5.41) is 20.6. The minimum absolute atomic E-state index is 0.00670. The van der Waals surface area contributed by atoms with Crippen LogP contribution in [0.2, 0.25) is 0 Å². The van der Waals surface area contributed by atoms with E-state index < -0.39 is 6.10 Å². The van der Waals surface area contributed by atoms with Crippen LogP contribution >= 0.6 is 0 Å². The van der Waals surface area contributed by atoms with Crippen LogP contribution in [0.1, 0.15) is 30.4 Å². The molecule has 1 unspecified atom stereocenters. The number of aliphatic hydroxyl groups is 1. The first-order valence-electron chi connectivity index (χ1n) is 12.9. The zero-order valence-corrected chi connectivity index (χ0v) is 22.1. The van der Waals surface area contributed by atoms with E-state index in [1.54, 1.807) is 23.9 Å². The summed E-state index contributed by atoms with van der Waals surface area (Å²) >= 11 is 0. The number of likely N-dealkylation sites (tertiary alicyclic amines) is 1. The zero-order valence-electron chi connectivity index (χ0n) is 22.1. The minimum Gasteiger partial charge on any atom is -0.474 e. The molecule has 1 saturated heterocycles. The molecule has 2 aromatic carbocycles. The normalized spacial score (nSPS) is 18.3. The molecule has 2 amide bonds. The van der Waals surface area contributed by atoms with E-state index in [1.807, 2.05) is 44.2 Å². The lowest BCUT2D eigenvalue weighted by molar-refractivity contribution is 0.101. The van der Waals surface area contributed by atoms with Gasteiger partial charge in [0, 0.05) is 32.7 Å². The molecule has 0 bridgehead atoms. The Balaban J connectivity index is 1.54. The van der Waals surface area contributed by atoms with Gasteiger partial charge in [0.25, 0.3) is 0 Å².